The van der Waals surface area contributed by atoms with Crippen molar-refractivity contribution >= 4 is 23.7 Å². The molecule has 0 amide bonds. The Morgan fingerprint density at radius 2 is 1.75 bits per heavy atom. The van der Waals surface area contributed by atoms with Gasteiger partial charge in [0.15, 0.2) is 0 Å². The minimum absolute atomic E-state index is 0.0380. The molecule has 0 aliphatic heterocycles. The second kappa shape index (κ2) is 9.47. The zero-order chi connectivity index (χ0) is 12.4. The number of carbonyl (C=O) groups is 2. The molecule has 0 saturated carbocycles. The van der Waals surface area contributed by atoms with Crippen LogP contribution in [0.15, 0.2) is 0 Å². The molecule has 1 atom stereocenters. The highest BCUT2D eigenvalue weighted by atomic mass is 32.2. The highest BCUT2D eigenvalue weighted by molar-refractivity contribution is 7.99. The Kier molecular flexibility index (Phi) is 9.03. The van der Waals surface area contributed by atoms with E-state index in [1.54, 1.807) is 13.8 Å². The summed E-state index contributed by atoms with van der Waals surface area (Å²) in [6.45, 7) is 4.10. The Bertz CT molecular complexity index is 219. The molecule has 0 spiro atoms. The third-order valence-electron chi connectivity index (χ3n) is 1.54. The summed E-state index contributed by atoms with van der Waals surface area (Å²) in [5, 5.41) is 9.42. The fourth-order valence-corrected chi connectivity index (χ4v) is 1.71. The molecule has 0 radical (unpaired) electrons. The number of hydrogen-bond donors (Lipinski definition) is 1. The third-order valence-corrected chi connectivity index (χ3v) is 2.60. The lowest BCUT2D eigenvalue weighted by Gasteiger charge is -2.09. The number of rotatable bonds is 8. The average molecular weight is 250 g/mol. The van der Waals surface area contributed by atoms with E-state index in [1.807, 2.05) is 0 Å². The average Bonchev–Trinajstić information content (AvgIpc) is 2.18. The molecule has 0 aromatic carbocycles. The molecule has 6 heteroatoms. The Balaban J connectivity index is 3.53. The van der Waals surface area contributed by atoms with Gasteiger partial charge in [-0.05, 0) is 13.8 Å². The van der Waals surface area contributed by atoms with Crippen molar-refractivity contribution in [3.05, 3.63) is 0 Å². The summed E-state index contributed by atoms with van der Waals surface area (Å²) < 4.78 is 9.39. The quantitative estimate of drug-likeness (QED) is 0.636. The van der Waals surface area contributed by atoms with Crippen LogP contribution in [0, 0.1) is 0 Å². The standard InChI is InChI=1S/C10H18O5S/c1-3-14-9(12)5-8(11)6-16-7-10(13)15-4-2/h8,11H,3-7H2,1-2H3. The van der Waals surface area contributed by atoms with Crippen LogP contribution in [0.3, 0.4) is 0 Å². The molecule has 0 saturated heterocycles. The van der Waals surface area contributed by atoms with E-state index in [9.17, 15) is 14.7 Å². The van der Waals surface area contributed by atoms with E-state index in [-0.39, 0.29) is 18.1 Å². The van der Waals surface area contributed by atoms with Crippen molar-refractivity contribution in [3.8, 4) is 0 Å². The molecule has 0 fully saturated rings. The Hall–Kier alpha value is -0.750. The molecule has 0 aliphatic carbocycles. The largest absolute Gasteiger partial charge is 0.466 e. The molecule has 94 valence electrons. The maximum atomic E-state index is 11.0. The zero-order valence-electron chi connectivity index (χ0n) is 9.60. The van der Waals surface area contributed by atoms with Gasteiger partial charge >= 0.3 is 11.9 Å². The summed E-state index contributed by atoms with van der Waals surface area (Å²) >= 11 is 1.24. The zero-order valence-corrected chi connectivity index (χ0v) is 10.4. The van der Waals surface area contributed by atoms with Crippen LogP contribution in [0.2, 0.25) is 0 Å². The Morgan fingerprint density at radius 3 is 2.31 bits per heavy atom. The first kappa shape index (κ1) is 15.2. The second-order valence-electron chi connectivity index (χ2n) is 2.98. The van der Waals surface area contributed by atoms with Gasteiger partial charge < -0.3 is 14.6 Å². The van der Waals surface area contributed by atoms with Gasteiger partial charge in [0.25, 0.3) is 0 Å². The topological polar surface area (TPSA) is 72.8 Å². The molecule has 0 aliphatic rings. The molecule has 0 bridgehead atoms. The van der Waals surface area contributed by atoms with Crippen LogP contribution < -0.4 is 0 Å². The lowest BCUT2D eigenvalue weighted by atomic mass is 10.3. The predicted molar refractivity (Wildman–Crippen MR) is 61.2 cm³/mol. The summed E-state index contributed by atoms with van der Waals surface area (Å²) in [6.07, 6.45) is -0.817. The summed E-state index contributed by atoms with van der Waals surface area (Å²) in [6, 6.07) is 0. The first-order valence-corrected chi connectivity index (χ1v) is 6.32. The molecule has 0 aromatic heterocycles. The van der Waals surface area contributed by atoms with Crippen LogP contribution >= 0.6 is 11.8 Å². The first-order chi connectivity index (χ1) is 7.60. The lowest BCUT2D eigenvalue weighted by molar-refractivity contribution is -0.145. The smallest absolute Gasteiger partial charge is 0.315 e. The van der Waals surface area contributed by atoms with E-state index in [4.69, 9.17) is 4.74 Å². The van der Waals surface area contributed by atoms with Gasteiger partial charge in [-0.25, -0.2) is 0 Å². The minimum atomic E-state index is -0.779. The van der Waals surface area contributed by atoms with E-state index in [2.05, 4.69) is 4.74 Å². The van der Waals surface area contributed by atoms with Crippen molar-refractivity contribution in [1.29, 1.82) is 0 Å². The summed E-state index contributed by atoms with van der Waals surface area (Å²) in [5.41, 5.74) is 0. The Morgan fingerprint density at radius 1 is 1.19 bits per heavy atom. The third kappa shape index (κ3) is 8.55. The van der Waals surface area contributed by atoms with Crippen LogP contribution in [0.4, 0.5) is 0 Å². The fourth-order valence-electron chi connectivity index (χ4n) is 0.952. The fraction of sp³-hybridized carbons (Fsp3) is 0.800. The van der Waals surface area contributed by atoms with Crippen molar-refractivity contribution in [2.75, 3.05) is 24.7 Å². The van der Waals surface area contributed by atoms with Crippen LogP contribution in [-0.4, -0.2) is 47.9 Å². The van der Waals surface area contributed by atoms with Crippen LogP contribution in [0.5, 0.6) is 0 Å². The van der Waals surface area contributed by atoms with E-state index in [1.165, 1.54) is 11.8 Å². The van der Waals surface area contributed by atoms with Crippen LogP contribution in [-0.2, 0) is 19.1 Å². The van der Waals surface area contributed by atoms with E-state index >= 15 is 0 Å². The van der Waals surface area contributed by atoms with Crippen molar-refractivity contribution < 1.29 is 24.2 Å². The van der Waals surface area contributed by atoms with Crippen LogP contribution in [0.25, 0.3) is 0 Å². The second-order valence-corrected chi connectivity index (χ2v) is 4.01. The van der Waals surface area contributed by atoms with Gasteiger partial charge in [-0.3, -0.25) is 9.59 Å². The van der Waals surface area contributed by atoms with E-state index in [0.717, 1.165) is 0 Å². The number of esters is 2. The number of hydrogen-bond acceptors (Lipinski definition) is 6. The highest BCUT2D eigenvalue weighted by Crippen LogP contribution is 2.07. The highest BCUT2D eigenvalue weighted by Gasteiger charge is 2.12. The Labute approximate surface area is 99.5 Å². The van der Waals surface area contributed by atoms with Gasteiger partial charge in [0, 0.05) is 5.75 Å². The molecule has 1 unspecified atom stereocenters. The van der Waals surface area contributed by atoms with Gasteiger partial charge in [-0.2, -0.15) is 0 Å². The van der Waals surface area contributed by atoms with Crippen LogP contribution in [0.1, 0.15) is 20.3 Å². The maximum Gasteiger partial charge on any atom is 0.315 e. The van der Waals surface area contributed by atoms with Gasteiger partial charge in [-0.15, -0.1) is 11.8 Å². The number of carbonyl (C=O) groups excluding carboxylic acids is 2. The van der Waals surface area contributed by atoms with Gasteiger partial charge in [-0.1, -0.05) is 0 Å². The summed E-state index contributed by atoms with van der Waals surface area (Å²) in [4.78, 5) is 21.9. The van der Waals surface area contributed by atoms with Gasteiger partial charge in [0.1, 0.15) is 0 Å². The summed E-state index contributed by atoms with van der Waals surface area (Å²) in [5.74, 6) is -0.228. The maximum absolute atomic E-state index is 11.0. The van der Waals surface area contributed by atoms with Gasteiger partial charge in [0.2, 0.25) is 0 Å². The monoisotopic (exact) mass is 250 g/mol. The SMILES string of the molecule is CCOC(=O)CSCC(O)CC(=O)OCC. The molecular formula is C10H18O5S. The lowest BCUT2D eigenvalue weighted by Crippen LogP contribution is -2.19. The number of ether oxygens (including phenoxy) is 2. The van der Waals surface area contributed by atoms with Crippen molar-refractivity contribution in [2.24, 2.45) is 0 Å². The first-order valence-electron chi connectivity index (χ1n) is 5.17. The van der Waals surface area contributed by atoms with Crippen molar-refractivity contribution in [2.45, 2.75) is 26.4 Å². The minimum Gasteiger partial charge on any atom is -0.466 e. The predicted octanol–water partition coefficient (Wildman–Crippen LogP) is 0.597. The number of thioether (sulfide) groups is 1. The molecule has 5 nitrogen and oxygen atoms in total. The van der Waals surface area contributed by atoms with Crippen molar-refractivity contribution in [3.63, 3.8) is 0 Å². The molecule has 16 heavy (non-hydrogen) atoms. The molecule has 0 heterocycles. The normalized spacial score (nSPS) is 11.9. The molecular weight excluding hydrogens is 232 g/mol. The van der Waals surface area contributed by atoms with Crippen molar-refractivity contribution in [1.82, 2.24) is 0 Å². The van der Waals surface area contributed by atoms with E-state index < -0.39 is 12.1 Å². The molecule has 0 rings (SSSR count). The van der Waals surface area contributed by atoms with Gasteiger partial charge in [0.05, 0.1) is 31.5 Å². The molecule has 1 N–H and O–H groups in total. The molecule has 0 aromatic rings. The van der Waals surface area contributed by atoms with E-state index in [0.29, 0.717) is 19.0 Å². The number of aliphatic hydroxyl groups excluding tert-OH is 1. The summed E-state index contributed by atoms with van der Waals surface area (Å²) in [7, 11) is 0. The number of aliphatic hydroxyl groups is 1.